The molecule has 5 heteroatoms. The van der Waals surface area contributed by atoms with E-state index in [1.54, 1.807) is 29.7 Å². The third kappa shape index (κ3) is 1.73. The summed E-state index contributed by atoms with van der Waals surface area (Å²) in [4.78, 5) is 18.8. The van der Waals surface area contributed by atoms with Gasteiger partial charge in [0.05, 0.1) is 6.26 Å². The molecule has 3 aromatic rings. The highest BCUT2D eigenvalue weighted by Crippen LogP contribution is 2.36. The first-order valence-corrected chi connectivity index (χ1v) is 7.53. The number of aromatic nitrogens is 1. The number of furan rings is 1. The molecule has 4 rings (SSSR count). The standard InChI is InChI=1S/C15H13NO3S/c1-8-4-5-9-11(7-8)20-14-12(9)15(17)19-13(16-14)10-3-2-6-18-10/h2-3,6,8H,4-5,7H2,1H3/t8-/m1/s1. The molecule has 0 fully saturated rings. The Hall–Kier alpha value is -1.88. The lowest BCUT2D eigenvalue weighted by atomic mass is 9.89. The number of hydrogen-bond donors (Lipinski definition) is 0. The summed E-state index contributed by atoms with van der Waals surface area (Å²) >= 11 is 1.62. The van der Waals surface area contributed by atoms with Crippen LogP contribution in [0.1, 0.15) is 23.8 Å². The summed E-state index contributed by atoms with van der Waals surface area (Å²) in [5.41, 5.74) is 0.851. The summed E-state index contributed by atoms with van der Waals surface area (Å²) in [5, 5.41) is 0.673. The van der Waals surface area contributed by atoms with Crippen LogP contribution in [0.5, 0.6) is 0 Å². The zero-order valence-corrected chi connectivity index (χ0v) is 11.8. The highest BCUT2D eigenvalue weighted by Gasteiger charge is 2.24. The van der Waals surface area contributed by atoms with E-state index in [-0.39, 0.29) is 11.5 Å². The van der Waals surface area contributed by atoms with E-state index >= 15 is 0 Å². The number of fused-ring (bicyclic) bond motifs is 3. The van der Waals surface area contributed by atoms with Crippen molar-refractivity contribution in [3.8, 4) is 11.7 Å². The topological polar surface area (TPSA) is 56.2 Å². The fourth-order valence-corrected chi connectivity index (χ4v) is 4.15. The van der Waals surface area contributed by atoms with E-state index in [0.717, 1.165) is 29.7 Å². The average Bonchev–Trinajstić information content (AvgIpc) is 3.04. The van der Waals surface area contributed by atoms with Gasteiger partial charge in [-0.3, -0.25) is 0 Å². The Balaban J connectivity index is 1.96. The van der Waals surface area contributed by atoms with Crippen molar-refractivity contribution in [2.75, 3.05) is 0 Å². The second-order valence-corrected chi connectivity index (χ2v) is 6.40. The molecule has 0 spiro atoms. The molecule has 0 bridgehead atoms. The maximum Gasteiger partial charge on any atom is 0.348 e. The van der Waals surface area contributed by atoms with Crippen molar-refractivity contribution in [2.24, 2.45) is 5.92 Å². The fourth-order valence-electron chi connectivity index (χ4n) is 2.79. The number of rotatable bonds is 1. The van der Waals surface area contributed by atoms with Gasteiger partial charge in [0.2, 0.25) is 0 Å². The lowest BCUT2D eigenvalue weighted by Gasteiger charge is -2.17. The smallest absolute Gasteiger partial charge is 0.348 e. The molecule has 102 valence electrons. The van der Waals surface area contributed by atoms with Crippen LogP contribution in [-0.4, -0.2) is 4.98 Å². The molecule has 0 saturated heterocycles. The maximum atomic E-state index is 12.3. The van der Waals surface area contributed by atoms with Crippen molar-refractivity contribution in [2.45, 2.75) is 26.2 Å². The Kier molecular flexibility index (Phi) is 2.57. The molecule has 4 nitrogen and oxygen atoms in total. The highest BCUT2D eigenvalue weighted by atomic mass is 32.1. The summed E-state index contributed by atoms with van der Waals surface area (Å²) < 4.78 is 10.6. The van der Waals surface area contributed by atoms with Crippen LogP contribution in [0.2, 0.25) is 0 Å². The zero-order chi connectivity index (χ0) is 13.7. The molecule has 1 aliphatic rings. The molecule has 0 N–H and O–H groups in total. The predicted octanol–water partition coefficient (Wildman–Crippen LogP) is 3.63. The van der Waals surface area contributed by atoms with Gasteiger partial charge in [-0.05, 0) is 42.9 Å². The van der Waals surface area contributed by atoms with Crippen LogP contribution in [0.4, 0.5) is 0 Å². The molecular formula is C15H13NO3S. The van der Waals surface area contributed by atoms with Gasteiger partial charge < -0.3 is 8.83 Å². The van der Waals surface area contributed by atoms with Crippen LogP contribution in [0.15, 0.2) is 32.0 Å². The summed E-state index contributed by atoms with van der Waals surface area (Å²) in [5.74, 6) is 1.43. The maximum absolute atomic E-state index is 12.3. The fraction of sp³-hybridized carbons (Fsp3) is 0.333. The molecule has 0 saturated carbocycles. The van der Waals surface area contributed by atoms with E-state index in [0.29, 0.717) is 17.1 Å². The van der Waals surface area contributed by atoms with Crippen LogP contribution in [0, 0.1) is 5.92 Å². The molecule has 0 amide bonds. The monoisotopic (exact) mass is 287 g/mol. The van der Waals surface area contributed by atoms with Gasteiger partial charge in [-0.2, -0.15) is 4.98 Å². The lowest BCUT2D eigenvalue weighted by Crippen LogP contribution is -2.11. The minimum absolute atomic E-state index is 0.263. The summed E-state index contributed by atoms with van der Waals surface area (Å²) in [7, 11) is 0. The third-order valence-corrected chi connectivity index (χ3v) is 4.97. The van der Waals surface area contributed by atoms with E-state index in [1.165, 1.54) is 4.88 Å². The molecule has 0 aliphatic heterocycles. The second kappa shape index (κ2) is 4.31. The Morgan fingerprint density at radius 2 is 2.35 bits per heavy atom. The molecule has 3 aromatic heterocycles. The first-order chi connectivity index (χ1) is 9.72. The number of hydrogen-bond acceptors (Lipinski definition) is 5. The van der Waals surface area contributed by atoms with Crippen LogP contribution in [-0.2, 0) is 12.8 Å². The zero-order valence-electron chi connectivity index (χ0n) is 11.0. The minimum atomic E-state index is -0.298. The van der Waals surface area contributed by atoms with Crippen LogP contribution >= 0.6 is 11.3 Å². The molecule has 1 atom stereocenters. The van der Waals surface area contributed by atoms with E-state index in [2.05, 4.69) is 11.9 Å². The second-order valence-electron chi connectivity index (χ2n) is 5.32. The summed E-state index contributed by atoms with van der Waals surface area (Å²) in [6.07, 6.45) is 4.65. The van der Waals surface area contributed by atoms with Crippen molar-refractivity contribution in [1.82, 2.24) is 4.98 Å². The Morgan fingerprint density at radius 1 is 1.45 bits per heavy atom. The molecule has 0 radical (unpaired) electrons. The van der Waals surface area contributed by atoms with Gasteiger partial charge in [-0.15, -0.1) is 11.3 Å². The molecule has 0 aromatic carbocycles. The Labute approximate surface area is 119 Å². The van der Waals surface area contributed by atoms with E-state index in [1.807, 2.05) is 0 Å². The largest absolute Gasteiger partial charge is 0.459 e. The van der Waals surface area contributed by atoms with Crippen molar-refractivity contribution in [3.63, 3.8) is 0 Å². The summed E-state index contributed by atoms with van der Waals surface area (Å²) in [6, 6.07) is 3.50. The Morgan fingerprint density at radius 3 is 3.15 bits per heavy atom. The Bertz CT molecular complexity index is 829. The third-order valence-electron chi connectivity index (χ3n) is 3.82. The van der Waals surface area contributed by atoms with Gasteiger partial charge in [0.25, 0.3) is 5.89 Å². The van der Waals surface area contributed by atoms with E-state index < -0.39 is 0 Å². The van der Waals surface area contributed by atoms with Crippen LogP contribution in [0.3, 0.4) is 0 Å². The van der Waals surface area contributed by atoms with Gasteiger partial charge in [-0.25, -0.2) is 4.79 Å². The molecule has 3 heterocycles. The van der Waals surface area contributed by atoms with E-state index in [9.17, 15) is 4.79 Å². The molecular weight excluding hydrogens is 274 g/mol. The molecule has 1 aliphatic carbocycles. The van der Waals surface area contributed by atoms with Crippen molar-refractivity contribution in [1.29, 1.82) is 0 Å². The predicted molar refractivity (Wildman–Crippen MR) is 77.0 cm³/mol. The van der Waals surface area contributed by atoms with Gasteiger partial charge in [0, 0.05) is 4.88 Å². The van der Waals surface area contributed by atoms with E-state index in [4.69, 9.17) is 8.83 Å². The highest BCUT2D eigenvalue weighted by molar-refractivity contribution is 7.18. The van der Waals surface area contributed by atoms with Crippen molar-refractivity contribution in [3.05, 3.63) is 39.3 Å². The van der Waals surface area contributed by atoms with Gasteiger partial charge >= 0.3 is 5.63 Å². The van der Waals surface area contributed by atoms with Crippen molar-refractivity contribution >= 4 is 21.6 Å². The molecule has 20 heavy (non-hydrogen) atoms. The van der Waals surface area contributed by atoms with Crippen LogP contribution in [0.25, 0.3) is 21.9 Å². The van der Waals surface area contributed by atoms with Gasteiger partial charge in [0.15, 0.2) is 5.76 Å². The minimum Gasteiger partial charge on any atom is -0.459 e. The first-order valence-electron chi connectivity index (χ1n) is 6.71. The number of aryl methyl sites for hydroxylation is 1. The lowest BCUT2D eigenvalue weighted by molar-refractivity contribution is 0.480. The molecule has 0 unspecified atom stereocenters. The van der Waals surface area contributed by atoms with Crippen molar-refractivity contribution < 1.29 is 8.83 Å². The summed E-state index contributed by atoms with van der Waals surface area (Å²) in [6.45, 7) is 2.25. The number of thiophene rings is 1. The average molecular weight is 287 g/mol. The van der Waals surface area contributed by atoms with Gasteiger partial charge in [-0.1, -0.05) is 6.92 Å². The van der Waals surface area contributed by atoms with Crippen LogP contribution < -0.4 is 5.63 Å². The number of nitrogens with zero attached hydrogens (tertiary/aromatic N) is 1. The first kappa shape index (κ1) is 11.9. The normalized spacial score (nSPS) is 18.4. The quantitative estimate of drug-likeness (QED) is 0.685. The van der Waals surface area contributed by atoms with Gasteiger partial charge in [0.1, 0.15) is 10.2 Å². The SMILES string of the molecule is C[C@@H]1CCc2c(sc3nc(-c4ccco4)oc(=O)c23)C1.